The van der Waals surface area contributed by atoms with Crippen molar-refractivity contribution in [2.24, 2.45) is 5.73 Å². The van der Waals surface area contributed by atoms with Gasteiger partial charge >= 0.3 is 0 Å². The van der Waals surface area contributed by atoms with Gasteiger partial charge in [-0.2, -0.15) is 0 Å². The molecule has 3 aromatic carbocycles. The summed E-state index contributed by atoms with van der Waals surface area (Å²) >= 11 is 0. The molecule has 0 fully saturated rings. The molecular weight excluding hydrogens is 249 g/mol. The van der Waals surface area contributed by atoms with Crippen LogP contribution < -0.4 is 5.73 Å². The first kappa shape index (κ1) is 12.8. The van der Waals surface area contributed by atoms with Gasteiger partial charge < -0.3 is 5.73 Å². The van der Waals surface area contributed by atoms with Crippen LogP contribution in [0.25, 0.3) is 10.8 Å². The Morgan fingerprint density at radius 2 is 1.55 bits per heavy atom. The summed E-state index contributed by atoms with van der Waals surface area (Å²) < 4.78 is 12.9. The number of halogens is 1. The Morgan fingerprint density at radius 1 is 0.850 bits per heavy atom. The van der Waals surface area contributed by atoms with Crippen molar-refractivity contribution in [3.63, 3.8) is 0 Å². The fourth-order valence-corrected chi connectivity index (χ4v) is 2.43. The molecule has 3 rings (SSSR count). The number of rotatable bonds is 3. The molecule has 0 aliphatic heterocycles. The van der Waals surface area contributed by atoms with Gasteiger partial charge in [-0.3, -0.25) is 0 Å². The number of benzene rings is 3. The zero-order valence-electron chi connectivity index (χ0n) is 11.1. The Kier molecular flexibility index (Phi) is 3.48. The van der Waals surface area contributed by atoms with E-state index in [0.29, 0.717) is 6.42 Å². The molecule has 20 heavy (non-hydrogen) atoms. The van der Waals surface area contributed by atoms with Crippen molar-refractivity contribution in [1.29, 1.82) is 0 Å². The van der Waals surface area contributed by atoms with E-state index in [1.807, 2.05) is 12.1 Å². The van der Waals surface area contributed by atoms with Crippen LogP contribution in [0.1, 0.15) is 17.2 Å². The lowest BCUT2D eigenvalue weighted by atomic mass is 9.97. The fraction of sp³-hybridized carbons (Fsp3) is 0.111. The van der Waals surface area contributed by atoms with Crippen LogP contribution in [0, 0.1) is 5.82 Å². The highest BCUT2D eigenvalue weighted by Gasteiger charge is 2.08. The van der Waals surface area contributed by atoms with E-state index in [9.17, 15) is 4.39 Å². The lowest BCUT2D eigenvalue weighted by molar-refractivity contribution is 0.625. The number of fused-ring (bicyclic) bond motifs is 1. The van der Waals surface area contributed by atoms with Crippen molar-refractivity contribution in [3.05, 3.63) is 83.7 Å². The van der Waals surface area contributed by atoms with Crippen molar-refractivity contribution in [3.8, 4) is 0 Å². The van der Waals surface area contributed by atoms with Gasteiger partial charge in [-0.05, 0) is 46.5 Å². The van der Waals surface area contributed by atoms with E-state index in [1.54, 1.807) is 12.1 Å². The van der Waals surface area contributed by atoms with Crippen LogP contribution in [0.4, 0.5) is 4.39 Å². The third-order valence-corrected chi connectivity index (χ3v) is 3.57. The van der Waals surface area contributed by atoms with Crippen molar-refractivity contribution in [2.45, 2.75) is 12.5 Å². The lowest BCUT2D eigenvalue weighted by Crippen LogP contribution is -2.13. The Labute approximate surface area is 117 Å². The number of nitrogens with two attached hydrogens (primary N) is 1. The van der Waals surface area contributed by atoms with E-state index in [0.717, 1.165) is 11.1 Å². The molecule has 0 saturated heterocycles. The van der Waals surface area contributed by atoms with E-state index in [4.69, 9.17) is 5.73 Å². The molecule has 1 unspecified atom stereocenters. The van der Waals surface area contributed by atoms with Gasteiger partial charge in [-0.25, -0.2) is 4.39 Å². The molecule has 0 spiro atoms. The van der Waals surface area contributed by atoms with E-state index >= 15 is 0 Å². The molecule has 0 amide bonds. The van der Waals surface area contributed by atoms with Crippen LogP contribution in [0.2, 0.25) is 0 Å². The van der Waals surface area contributed by atoms with Gasteiger partial charge in [0.1, 0.15) is 5.82 Å². The summed E-state index contributed by atoms with van der Waals surface area (Å²) in [5, 5.41) is 2.41. The minimum Gasteiger partial charge on any atom is -0.324 e. The van der Waals surface area contributed by atoms with Gasteiger partial charge in [0, 0.05) is 6.04 Å². The number of hydrogen-bond donors (Lipinski definition) is 1. The van der Waals surface area contributed by atoms with Crippen LogP contribution in [-0.4, -0.2) is 0 Å². The monoisotopic (exact) mass is 265 g/mol. The topological polar surface area (TPSA) is 26.0 Å². The minimum atomic E-state index is -0.215. The average Bonchev–Trinajstić information content (AvgIpc) is 2.49. The highest BCUT2D eigenvalue weighted by molar-refractivity contribution is 5.83. The maximum absolute atomic E-state index is 12.9. The van der Waals surface area contributed by atoms with E-state index < -0.39 is 0 Å². The van der Waals surface area contributed by atoms with Gasteiger partial charge in [-0.15, -0.1) is 0 Å². The molecule has 0 aliphatic carbocycles. The molecule has 100 valence electrons. The largest absolute Gasteiger partial charge is 0.324 e. The zero-order valence-corrected chi connectivity index (χ0v) is 11.1. The Bertz CT molecular complexity index is 719. The van der Waals surface area contributed by atoms with Crippen LogP contribution in [0.3, 0.4) is 0 Å². The lowest BCUT2D eigenvalue weighted by Gasteiger charge is -2.13. The molecule has 0 bridgehead atoms. The second-order valence-electron chi connectivity index (χ2n) is 5.04. The first-order chi connectivity index (χ1) is 9.72. The summed E-state index contributed by atoms with van der Waals surface area (Å²) in [6, 6.07) is 21.0. The SMILES string of the molecule is NC(Cc1ccc(F)cc1)c1ccc2ccccc2c1. The van der Waals surface area contributed by atoms with E-state index in [1.165, 1.54) is 22.9 Å². The van der Waals surface area contributed by atoms with E-state index in [2.05, 4.69) is 30.3 Å². The van der Waals surface area contributed by atoms with Crippen LogP contribution in [0.5, 0.6) is 0 Å². The second-order valence-corrected chi connectivity index (χ2v) is 5.04. The number of hydrogen-bond acceptors (Lipinski definition) is 1. The molecule has 2 N–H and O–H groups in total. The molecule has 1 atom stereocenters. The maximum Gasteiger partial charge on any atom is 0.123 e. The van der Waals surface area contributed by atoms with Crippen molar-refractivity contribution >= 4 is 10.8 Å². The molecular formula is C18H16FN. The summed E-state index contributed by atoms with van der Waals surface area (Å²) in [4.78, 5) is 0. The third-order valence-electron chi connectivity index (χ3n) is 3.57. The van der Waals surface area contributed by atoms with E-state index in [-0.39, 0.29) is 11.9 Å². The van der Waals surface area contributed by atoms with Gasteiger partial charge in [0.2, 0.25) is 0 Å². The molecule has 0 aliphatic rings. The smallest absolute Gasteiger partial charge is 0.123 e. The summed E-state index contributed by atoms with van der Waals surface area (Å²) in [6.07, 6.45) is 0.707. The quantitative estimate of drug-likeness (QED) is 0.753. The molecule has 0 saturated carbocycles. The predicted octanol–water partition coefficient (Wildman–Crippen LogP) is 4.22. The second kappa shape index (κ2) is 5.43. The Balaban J connectivity index is 1.84. The highest BCUT2D eigenvalue weighted by atomic mass is 19.1. The first-order valence-electron chi connectivity index (χ1n) is 6.71. The molecule has 0 radical (unpaired) electrons. The molecule has 3 aromatic rings. The summed E-state index contributed by atoms with van der Waals surface area (Å²) in [7, 11) is 0. The van der Waals surface area contributed by atoms with Gasteiger partial charge in [0.15, 0.2) is 0 Å². The average molecular weight is 265 g/mol. The Hall–Kier alpha value is -2.19. The fourth-order valence-electron chi connectivity index (χ4n) is 2.43. The highest BCUT2D eigenvalue weighted by Crippen LogP contribution is 2.21. The van der Waals surface area contributed by atoms with Crippen molar-refractivity contribution in [1.82, 2.24) is 0 Å². The van der Waals surface area contributed by atoms with Gasteiger partial charge in [0.05, 0.1) is 0 Å². The summed E-state index contributed by atoms with van der Waals surface area (Å²) in [5.41, 5.74) is 8.42. The maximum atomic E-state index is 12.9. The molecule has 0 heterocycles. The zero-order chi connectivity index (χ0) is 13.9. The normalized spacial score (nSPS) is 12.5. The molecule has 0 aromatic heterocycles. The summed E-state index contributed by atoms with van der Waals surface area (Å²) in [6.45, 7) is 0. The van der Waals surface area contributed by atoms with Crippen LogP contribution in [0.15, 0.2) is 66.7 Å². The summed E-state index contributed by atoms with van der Waals surface area (Å²) in [5.74, 6) is -0.215. The van der Waals surface area contributed by atoms with Crippen molar-refractivity contribution < 1.29 is 4.39 Å². The van der Waals surface area contributed by atoms with Gasteiger partial charge in [-0.1, -0.05) is 48.5 Å². The third kappa shape index (κ3) is 2.70. The van der Waals surface area contributed by atoms with Crippen molar-refractivity contribution in [2.75, 3.05) is 0 Å². The van der Waals surface area contributed by atoms with Gasteiger partial charge in [0.25, 0.3) is 0 Å². The molecule has 1 nitrogen and oxygen atoms in total. The first-order valence-corrected chi connectivity index (χ1v) is 6.71. The van der Waals surface area contributed by atoms with Crippen LogP contribution >= 0.6 is 0 Å². The van der Waals surface area contributed by atoms with Crippen LogP contribution in [-0.2, 0) is 6.42 Å². The predicted molar refractivity (Wildman–Crippen MR) is 81.0 cm³/mol. The standard InChI is InChI=1S/C18H16FN/c19-17-9-5-13(6-10-17)11-18(20)16-8-7-14-3-1-2-4-15(14)12-16/h1-10,12,18H,11,20H2. The minimum absolute atomic E-state index is 0.0786. The molecule has 2 heteroatoms. The Morgan fingerprint density at radius 3 is 2.30 bits per heavy atom.